The molecule has 1 saturated heterocycles. The first-order chi connectivity index (χ1) is 10.4. The molecular formula is C16H23N3O3. The zero-order valence-electron chi connectivity index (χ0n) is 13.4. The zero-order valence-corrected chi connectivity index (χ0v) is 13.4. The van der Waals surface area contributed by atoms with Crippen LogP contribution < -0.4 is 5.32 Å². The predicted molar refractivity (Wildman–Crippen MR) is 83.1 cm³/mol. The molecule has 1 N–H and O–H groups in total. The quantitative estimate of drug-likeness (QED) is 0.588. The van der Waals surface area contributed by atoms with Crippen LogP contribution in [0.15, 0.2) is 16.6 Å². The Bertz CT molecular complexity index is 551. The first-order valence-corrected chi connectivity index (χ1v) is 7.76. The molecule has 3 amide bonds. The standard InChI is InChI=1S/C16H23N3O3/c1-10-6-4-5-9-17-12(3)19(16(22)11(10)2)13-7-8-14(20)18-15(13)21/h6,11,13H,4-5,7-9H2,1-3H3,(H,18,20,21)/b10-6-,17-12?/t11?,13-/m0/s1. The van der Waals surface area contributed by atoms with Crippen LogP contribution >= 0.6 is 0 Å². The van der Waals surface area contributed by atoms with Crippen LogP contribution in [0, 0.1) is 5.92 Å². The second-order valence-electron chi connectivity index (χ2n) is 5.92. The van der Waals surface area contributed by atoms with Crippen molar-refractivity contribution in [3.05, 3.63) is 11.6 Å². The van der Waals surface area contributed by atoms with Crippen molar-refractivity contribution in [2.75, 3.05) is 6.54 Å². The molecule has 1 fully saturated rings. The van der Waals surface area contributed by atoms with E-state index in [1.54, 1.807) is 6.92 Å². The monoisotopic (exact) mass is 305 g/mol. The van der Waals surface area contributed by atoms with Crippen LogP contribution in [0.3, 0.4) is 0 Å². The Labute approximate surface area is 130 Å². The Balaban J connectivity index is 2.34. The van der Waals surface area contributed by atoms with E-state index in [1.807, 2.05) is 13.8 Å². The van der Waals surface area contributed by atoms with Gasteiger partial charge in [0.25, 0.3) is 0 Å². The highest BCUT2D eigenvalue weighted by atomic mass is 16.2. The third-order valence-electron chi connectivity index (χ3n) is 4.33. The molecule has 120 valence electrons. The molecule has 0 aliphatic carbocycles. The molecule has 0 aromatic heterocycles. The van der Waals surface area contributed by atoms with Gasteiger partial charge in [0.2, 0.25) is 17.7 Å². The van der Waals surface area contributed by atoms with E-state index in [4.69, 9.17) is 0 Å². The molecule has 2 rings (SSSR count). The molecular weight excluding hydrogens is 282 g/mol. The van der Waals surface area contributed by atoms with Gasteiger partial charge in [0.1, 0.15) is 11.9 Å². The number of carbonyl (C=O) groups excluding carboxylic acids is 3. The van der Waals surface area contributed by atoms with Crippen LogP contribution in [0.25, 0.3) is 0 Å². The first kappa shape index (κ1) is 16.4. The Hall–Kier alpha value is -1.98. The molecule has 2 atom stereocenters. The maximum Gasteiger partial charge on any atom is 0.249 e. The summed E-state index contributed by atoms with van der Waals surface area (Å²) in [6.45, 7) is 6.18. The second kappa shape index (κ2) is 6.85. The molecule has 0 spiro atoms. The highest BCUT2D eigenvalue weighted by Gasteiger charge is 2.37. The van der Waals surface area contributed by atoms with Gasteiger partial charge < -0.3 is 0 Å². The Kier molecular flexibility index (Phi) is 5.11. The normalized spacial score (nSPS) is 30.3. The summed E-state index contributed by atoms with van der Waals surface area (Å²) in [5.74, 6) is -0.570. The predicted octanol–water partition coefficient (Wildman–Crippen LogP) is 1.41. The van der Waals surface area contributed by atoms with Crippen LogP contribution in [0.4, 0.5) is 0 Å². The SMILES string of the molecule is CC1=NCCC/C=C(/C)C(C)C(=O)N1[C@H]1CCC(=O)NC1=O. The summed E-state index contributed by atoms with van der Waals surface area (Å²) in [6, 6.07) is -0.649. The van der Waals surface area contributed by atoms with E-state index >= 15 is 0 Å². The lowest BCUT2D eigenvalue weighted by Crippen LogP contribution is -2.57. The number of carbonyl (C=O) groups is 3. The Morgan fingerprint density at radius 2 is 2.00 bits per heavy atom. The number of nitrogens with zero attached hydrogens (tertiary/aromatic N) is 2. The van der Waals surface area contributed by atoms with Crippen molar-refractivity contribution in [1.82, 2.24) is 10.2 Å². The molecule has 0 aromatic carbocycles. The third-order valence-corrected chi connectivity index (χ3v) is 4.33. The van der Waals surface area contributed by atoms with Gasteiger partial charge in [-0.1, -0.05) is 11.6 Å². The molecule has 0 bridgehead atoms. The van der Waals surface area contributed by atoms with E-state index in [1.165, 1.54) is 4.90 Å². The van der Waals surface area contributed by atoms with E-state index in [-0.39, 0.29) is 24.2 Å². The highest BCUT2D eigenvalue weighted by Crippen LogP contribution is 2.21. The van der Waals surface area contributed by atoms with Gasteiger partial charge in [-0.2, -0.15) is 0 Å². The van der Waals surface area contributed by atoms with Gasteiger partial charge in [0.15, 0.2) is 0 Å². The van der Waals surface area contributed by atoms with Crippen molar-refractivity contribution in [3.8, 4) is 0 Å². The van der Waals surface area contributed by atoms with Gasteiger partial charge in [-0.25, -0.2) is 0 Å². The van der Waals surface area contributed by atoms with E-state index < -0.39 is 11.9 Å². The fourth-order valence-electron chi connectivity index (χ4n) is 2.79. The van der Waals surface area contributed by atoms with E-state index in [0.717, 1.165) is 18.4 Å². The summed E-state index contributed by atoms with van der Waals surface area (Å²) in [5.41, 5.74) is 1.01. The number of amides is 3. The van der Waals surface area contributed by atoms with Gasteiger partial charge in [-0.3, -0.25) is 29.6 Å². The van der Waals surface area contributed by atoms with Crippen LogP contribution in [0.1, 0.15) is 46.5 Å². The van der Waals surface area contributed by atoms with Crippen molar-refractivity contribution in [2.45, 2.75) is 52.5 Å². The zero-order chi connectivity index (χ0) is 16.3. The maximum absolute atomic E-state index is 12.8. The number of nitrogens with one attached hydrogen (secondary N) is 1. The molecule has 6 nitrogen and oxygen atoms in total. The molecule has 2 aliphatic heterocycles. The van der Waals surface area contributed by atoms with E-state index in [9.17, 15) is 14.4 Å². The number of amidine groups is 1. The summed E-state index contributed by atoms with van der Waals surface area (Å²) in [7, 11) is 0. The molecule has 0 saturated carbocycles. The van der Waals surface area contributed by atoms with Crippen molar-refractivity contribution >= 4 is 23.6 Å². The largest absolute Gasteiger partial charge is 0.295 e. The van der Waals surface area contributed by atoms with Crippen LogP contribution in [-0.2, 0) is 14.4 Å². The Morgan fingerprint density at radius 1 is 1.27 bits per heavy atom. The minimum atomic E-state index is -0.649. The molecule has 22 heavy (non-hydrogen) atoms. The molecule has 2 aliphatic rings. The van der Waals surface area contributed by atoms with Crippen molar-refractivity contribution in [3.63, 3.8) is 0 Å². The number of hydrogen-bond donors (Lipinski definition) is 1. The summed E-state index contributed by atoms with van der Waals surface area (Å²) >= 11 is 0. The van der Waals surface area contributed by atoms with Crippen LogP contribution in [-0.4, -0.2) is 41.0 Å². The summed E-state index contributed by atoms with van der Waals surface area (Å²) in [6.07, 6.45) is 4.48. The second-order valence-corrected chi connectivity index (χ2v) is 5.92. The van der Waals surface area contributed by atoms with Gasteiger partial charge in [0.05, 0.1) is 5.92 Å². The number of piperidine rings is 1. The minimum absolute atomic E-state index is 0.133. The van der Waals surface area contributed by atoms with E-state index in [0.29, 0.717) is 18.8 Å². The number of aliphatic imine (C=N–C) groups is 1. The molecule has 0 aromatic rings. The van der Waals surface area contributed by atoms with Crippen LogP contribution in [0.5, 0.6) is 0 Å². The Morgan fingerprint density at radius 3 is 2.68 bits per heavy atom. The summed E-state index contributed by atoms with van der Waals surface area (Å²) in [4.78, 5) is 42.2. The fourth-order valence-corrected chi connectivity index (χ4v) is 2.79. The van der Waals surface area contributed by atoms with Gasteiger partial charge in [0, 0.05) is 13.0 Å². The lowest BCUT2D eigenvalue weighted by atomic mass is 9.96. The number of allylic oxidation sites excluding steroid dienone is 1. The molecule has 2 heterocycles. The topological polar surface area (TPSA) is 78.8 Å². The number of hydrogen-bond acceptors (Lipinski definition) is 4. The van der Waals surface area contributed by atoms with Gasteiger partial charge in [-0.05, 0) is 40.0 Å². The van der Waals surface area contributed by atoms with Crippen molar-refractivity contribution < 1.29 is 14.4 Å². The fraction of sp³-hybridized carbons (Fsp3) is 0.625. The molecule has 0 radical (unpaired) electrons. The van der Waals surface area contributed by atoms with Crippen molar-refractivity contribution in [2.24, 2.45) is 10.9 Å². The molecule has 1 unspecified atom stereocenters. The number of imide groups is 1. The smallest absolute Gasteiger partial charge is 0.249 e. The van der Waals surface area contributed by atoms with Crippen molar-refractivity contribution in [1.29, 1.82) is 0 Å². The first-order valence-electron chi connectivity index (χ1n) is 7.76. The average molecular weight is 305 g/mol. The van der Waals surface area contributed by atoms with E-state index in [2.05, 4.69) is 16.4 Å². The van der Waals surface area contributed by atoms with Gasteiger partial charge >= 0.3 is 0 Å². The van der Waals surface area contributed by atoms with Crippen LogP contribution in [0.2, 0.25) is 0 Å². The average Bonchev–Trinajstić information content (AvgIpc) is 2.47. The lowest BCUT2D eigenvalue weighted by molar-refractivity contribution is -0.143. The lowest BCUT2D eigenvalue weighted by Gasteiger charge is -2.34. The minimum Gasteiger partial charge on any atom is -0.295 e. The summed E-state index contributed by atoms with van der Waals surface area (Å²) < 4.78 is 0. The third kappa shape index (κ3) is 3.43. The summed E-state index contributed by atoms with van der Waals surface area (Å²) in [5, 5.41) is 2.32. The van der Waals surface area contributed by atoms with Gasteiger partial charge in [-0.15, -0.1) is 0 Å². The number of rotatable bonds is 1. The highest BCUT2D eigenvalue weighted by molar-refractivity contribution is 6.07. The maximum atomic E-state index is 12.8. The molecule has 6 heteroatoms.